The molecule has 1 aromatic rings. The minimum atomic E-state index is -0.766. The first-order chi connectivity index (χ1) is 7.88. The van der Waals surface area contributed by atoms with Crippen LogP contribution in [-0.2, 0) is 11.3 Å². The van der Waals surface area contributed by atoms with Crippen molar-refractivity contribution in [3.8, 4) is 0 Å². The van der Waals surface area contributed by atoms with Crippen LogP contribution in [0.1, 0.15) is 19.4 Å². The second-order valence-electron chi connectivity index (χ2n) is 4.47. The zero-order valence-electron chi connectivity index (χ0n) is 9.78. The van der Waals surface area contributed by atoms with E-state index >= 15 is 0 Å². The number of carbonyl (C=O) groups excluding carboxylic acids is 1. The lowest BCUT2D eigenvalue weighted by molar-refractivity contribution is -0.177. The lowest BCUT2D eigenvalue weighted by Gasteiger charge is -2.26. The van der Waals surface area contributed by atoms with E-state index in [2.05, 4.69) is 15.9 Å². The number of alkyl halides is 1. The normalized spacial score (nSPS) is 11.4. The molecule has 0 spiro atoms. The highest BCUT2D eigenvalue weighted by molar-refractivity contribution is 9.10. The van der Waals surface area contributed by atoms with Crippen LogP contribution in [0.15, 0.2) is 28.7 Å². The number of hydrogen-bond donors (Lipinski definition) is 1. The molecule has 0 aliphatic heterocycles. The van der Waals surface area contributed by atoms with Crippen molar-refractivity contribution in [2.24, 2.45) is 5.41 Å². The summed E-state index contributed by atoms with van der Waals surface area (Å²) in [5.74, 6) is -0.220. The average Bonchev–Trinajstić information content (AvgIpc) is 2.31. The van der Waals surface area contributed by atoms with Crippen molar-refractivity contribution in [1.29, 1.82) is 0 Å². The first-order valence-electron chi connectivity index (χ1n) is 5.18. The third kappa shape index (κ3) is 3.69. The molecular weight excluding hydrogens is 305 g/mol. The number of carbonyl (C=O) groups is 1. The van der Waals surface area contributed by atoms with Crippen LogP contribution < -0.4 is 0 Å². The number of rotatable bonds is 4. The number of hydrogen-bond acceptors (Lipinski definition) is 2. The molecule has 0 aliphatic carbocycles. The Morgan fingerprint density at radius 3 is 2.59 bits per heavy atom. The van der Waals surface area contributed by atoms with Gasteiger partial charge in [-0.25, -0.2) is 5.06 Å². The summed E-state index contributed by atoms with van der Waals surface area (Å²) >= 11 is 9.06. The van der Waals surface area contributed by atoms with E-state index in [0.29, 0.717) is 5.06 Å². The Hall–Kier alpha value is -0.580. The van der Waals surface area contributed by atoms with Crippen LogP contribution in [0, 0.1) is 5.41 Å². The summed E-state index contributed by atoms with van der Waals surface area (Å²) in [6.07, 6.45) is 0. The van der Waals surface area contributed by atoms with Crippen LogP contribution >= 0.6 is 27.5 Å². The highest BCUT2D eigenvalue weighted by Gasteiger charge is 2.31. The minimum Gasteiger partial charge on any atom is -0.286 e. The molecular formula is C12H15BrClNO2. The third-order valence-corrected chi connectivity index (χ3v) is 3.87. The van der Waals surface area contributed by atoms with Crippen molar-refractivity contribution in [1.82, 2.24) is 5.06 Å². The van der Waals surface area contributed by atoms with Gasteiger partial charge in [-0.3, -0.25) is 10.0 Å². The van der Waals surface area contributed by atoms with Crippen LogP contribution in [0.4, 0.5) is 0 Å². The summed E-state index contributed by atoms with van der Waals surface area (Å²) < 4.78 is 0.857. The van der Waals surface area contributed by atoms with Gasteiger partial charge >= 0.3 is 0 Å². The summed E-state index contributed by atoms with van der Waals surface area (Å²) in [7, 11) is 0. The molecule has 94 valence electrons. The van der Waals surface area contributed by atoms with Crippen molar-refractivity contribution < 1.29 is 10.0 Å². The Morgan fingerprint density at radius 2 is 2.06 bits per heavy atom. The first kappa shape index (κ1) is 14.5. The molecule has 0 saturated heterocycles. The molecule has 0 heterocycles. The fourth-order valence-electron chi connectivity index (χ4n) is 1.27. The van der Waals surface area contributed by atoms with Gasteiger partial charge in [0.1, 0.15) is 0 Å². The van der Waals surface area contributed by atoms with Gasteiger partial charge in [-0.05, 0) is 25.5 Å². The lowest BCUT2D eigenvalue weighted by Crippen LogP contribution is -2.39. The van der Waals surface area contributed by atoms with Crippen LogP contribution in [0.25, 0.3) is 0 Å². The standard InChI is InChI=1S/C12H15BrClNO2/c1-12(2,8-14)11(16)15(17)7-9-5-3-4-6-10(9)13/h3-6,17H,7-8H2,1-2H3. The number of hydroxylamine groups is 2. The predicted octanol–water partition coefficient (Wildman–Crippen LogP) is 3.43. The van der Waals surface area contributed by atoms with Crippen molar-refractivity contribution >= 4 is 33.4 Å². The van der Waals surface area contributed by atoms with Gasteiger partial charge in [0, 0.05) is 10.4 Å². The fraction of sp³-hybridized carbons (Fsp3) is 0.417. The summed E-state index contributed by atoms with van der Waals surface area (Å²) in [4.78, 5) is 11.9. The molecule has 0 fully saturated rings. The maximum absolute atomic E-state index is 11.9. The molecule has 0 bridgehead atoms. The molecule has 1 aromatic carbocycles. The smallest absolute Gasteiger partial charge is 0.253 e. The van der Waals surface area contributed by atoms with E-state index in [1.807, 2.05) is 24.3 Å². The lowest BCUT2D eigenvalue weighted by atomic mass is 9.95. The van der Waals surface area contributed by atoms with Gasteiger partial charge in [-0.1, -0.05) is 34.1 Å². The van der Waals surface area contributed by atoms with E-state index in [0.717, 1.165) is 10.0 Å². The molecule has 3 nitrogen and oxygen atoms in total. The van der Waals surface area contributed by atoms with Crippen LogP contribution in [0.3, 0.4) is 0 Å². The first-order valence-corrected chi connectivity index (χ1v) is 6.51. The minimum absolute atomic E-state index is 0.139. The Labute approximate surface area is 114 Å². The SMILES string of the molecule is CC(C)(CCl)C(=O)N(O)Cc1ccccc1Br. The molecule has 5 heteroatoms. The Bertz CT molecular complexity index is 409. The molecule has 0 unspecified atom stereocenters. The number of amides is 1. The Balaban J connectivity index is 2.77. The van der Waals surface area contributed by atoms with Crippen molar-refractivity contribution in [2.45, 2.75) is 20.4 Å². The molecule has 1 amide bonds. The van der Waals surface area contributed by atoms with Gasteiger partial charge in [0.15, 0.2) is 0 Å². The molecule has 0 aromatic heterocycles. The van der Waals surface area contributed by atoms with Gasteiger partial charge < -0.3 is 0 Å². The van der Waals surface area contributed by atoms with Crippen LogP contribution in [-0.4, -0.2) is 22.1 Å². The maximum atomic E-state index is 11.9. The maximum Gasteiger partial charge on any atom is 0.253 e. The summed E-state index contributed by atoms with van der Waals surface area (Å²) in [6, 6.07) is 7.43. The third-order valence-electron chi connectivity index (χ3n) is 2.43. The molecule has 0 saturated carbocycles. The predicted molar refractivity (Wildman–Crippen MR) is 71.0 cm³/mol. The largest absolute Gasteiger partial charge is 0.286 e. The Kier molecular flexibility index (Phi) is 4.98. The van der Waals surface area contributed by atoms with E-state index in [4.69, 9.17) is 11.6 Å². The number of halogens is 2. The molecule has 0 radical (unpaired) electrons. The molecule has 1 N–H and O–H groups in total. The summed E-state index contributed by atoms with van der Waals surface area (Å²) in [5, 5.41) is 10.5. The quantitative estimate of drug-likeness (QED) is 0.524. The van der Waals surface area contributed by atoms with E-state index in [-0.39, 0.29) is 18.3 Å². The number of nitrogens with zero attached hydrogens (tertiary/aromatic N) is 1. The topological polar surface area (TPSA) is 40.5 Å². The zero-order valence-corrected chi connectivity index (χ0v) is 12.1. The van der Waals surface area contributed by atoms with E-state index in [1.54, 1.807) is 13.8 Å². The number of benzene rings is 1. The van der Waals surface area contributed by atoms with Gasteiger partial charge in [0.25, 0.3) is 5.91 Å². The highest BCUT2D eigenvalue weighted by Crippen LogP contribution is 2.23. The summed E-state index contributed by atoms with van der Waals surface area (Å²) in [6.45, 7) is 3.54. The van der Waals surface area contributed by atoms with Gasteiger partial charge in [0.2, 0.25) is 0 Å². The van der Waals surface area contributed by atoms with Crippen LogP contribution in [0.5, 0.6) is 0 Å². The average molecular weight is 321 g/mol. The fourth-order valence-corrected chi connectivity index (χ4v) is 1.79. The van der Waals surface area contributed by atoms with Gasteiger partial charge in [-0.2, -0.15) is 0 Å². The molecule has 17 heavy (non-hydrogen) atoms. The second kappa shape index (κ2) is 5.85. The van der Waals surface area contributed by atoms with Crippen molar-refractivity contribution in [3.63, 3.8) is 0 Å². The summed E-state index contributed by atoms with van der Waals surface area (Å²) in [5.41, 5.74) is 0.0751. The second-order valence-corrected chi connectivity index (χ2v) is 5.59. The zero-order chi connectivity index (χ0) is 13.1. The van der Waals surface area contributed by atoms with E-state index < -0.39 is 5.41 Å². The molecule has 1 rings (SSSR count). The molecule has 0 aliphatic rings. The van der Waals surface area contributed by atoms with Gasteiger partial charge in [-0.15, -0.1) is 11.6 Å². The monoisotopic (exact) mass is 319 g/mol. The highest BCUT2D eigenvalue weighted by atomic mass is 79.9. The van der Waals surface area contributed by atoms with Crippen molar-refractivity contribution in [3.05, 3.63) is 34.3 Å². The van der Waals surface area contributed by atoms with Gasteiger partial charge in [0.05, 0.1) is 12.0 Å². The molecule has 0 atom stereocenters. The van der Waals surface area contributed by atoms with E-state index in [9.17, 15) is 10.0 Å². The van der Waals surface area contributed by atoms with Crippen molar-refractivity contribution in [2.75, 3.05) is 5.88 Å². The Morgan fingerprint density at radius 1 is 1.47 bits per heavy atom. The van der Waals surface area contributed by atoms with E-state index in [1.165, 1.54) is 0 Å². The van der Waals surface area contributed by atoms with Crippen LogP contribution in [0.2, 0.25) is 0 Å².